The van der Waals surface area contributed by atoms with Crippen molar-refractivity contribution in [3.8, 4) is 28.1 Å². The summed E-state index contributed by atoms with van der Waals surface area (Å²) in [6.45, 7) is 0. The van der Waals surface area contributed by atoms with Crippen molar-refractivity contribution in [3.05, 3.63) is 94.4 Å². The molecule has 1 heterocycles. The fourth-order valence-electron chi connectivity index (χ4n) is 3.01. The minimum Gasteiger partial charge on any atom is -0.497 e. The van der Waals surface area contributed by atoms with E-state index in [1.807, 2.05) is 79.0 Å². The Morgan fingerprint density at radius 2 is 1.45 bits per heavy atom. The van der Waals surface area contributed by atoms with E-state index in [-0.39, 0.29) is 0 Å². The van der Waals surface area contributed by atoms with E-state index in [9.17, 15) is 0 Å². The first-order valence-electron chi connectivity index (χ1n) is 9.05. The summed E-state index contributed by atoms with van der Waals surface area (Å²) < 4.78 is 5.18. The molecule has 1 N–H and O–H groups in total. The molecular formula is C24H18Cl2N2O. The summed E-state index contributed by atoms with van der Waals surface area (Å²) in [4.78, 5) is 7.85. The maximum Gasteiger partial charge on any atom is 0.130 e. The van der Waals surface area contributed by atoms with Crippen molar-refractivity contribution < 1.29 is 4.74 Å². The fourth-order valence-corrected chi connectivity index (χ4v) is 3.54. The van der Waals surface area contributed by atoms with Crippen LogP contribution in [-0.4, -0.2) is 17.1 Å². The molecular weight excluding hydrogens is 403 g/mol. The zero-order valence-corrected chi connectivity index (χ0v) is 17.2. The number of methoxy groups -OCH3 is 1. The van der Waals surface area contributed by atoms with Crippen LogP contribution in [0.5, 0.6) is 5.75 Å². The average molecular weight is 421 g/mol. The van der Waals surface area contributed by atoms with Crippen molar-refractivity contribution in [2.75, 3.05) is 7.11 Å². The zero-order chi connectivity index (χ0) is 20.2. The van der Waals surface area contributed by atoms with E-state index < -0.39 is 0 Å². The highest BCUT2D eigenvalue weighted by molar-refractivity contribution is 6.35. The maximum absolute atomic E-state index is 6.11. The molecule has 0 spiro atoms. The second-order valence-electron chi connectivity index (χ2n) is 6.51. The number of benzene rings is 3. The molecule has 0 bridgehead atoms. The minimum absolute atomic E-state index is 0.622. The number of nitrogens with zero attached hydrogens (tertiary/aromatic N) is 1. The van der Waals surface area contributed by atoms with Crippen LogP contribution >= 0.6 is 23.2 Å². The number of halogens is 2. The average Bonchev–Trinajstić information content (AvgIpc) is 3.21. The summed E-state index contributed by atoms with van der Waals surface area (Å²) in [5.74, 6) is 1.63. The number of aromatic amines is 1. The molecule has 3 nitrogen and oxygen atoms in total. The topological polar surface area (TPSA) is 37.9 Å². The van der Waals surface area contributed by atoms with Crippen molar-refractivity contribution in [1.82, 2.24) is 9.97 Å². The summed E-state index contributed by atoms with van der Waals surface area (Å²) in [5.41, 5.74) is 5.03. The summed E-state index contributed by atoms with van der Waals surface area (Å²) in [6, 6.07) is 21.6. The van der Waals surface area contributed by atoms with Crippen LogP contribution in [0.4, 0.5) is 0 Å². The van der Waals surface area contributed by atoms with Gasteiger partial charge in [0.2, 0.25) is 0 Å². The lowest BCUT2D eigenvalue weighted by Gasteiger charge is -2.05. The molecule has 4 rings (SSSR count). The van der Waals surface area contributed by atoms with Gasteiger partial charge in [0.05, 0.1) is 12.8 Å². The molecule has 0 aliphatic carbocycles. The Kier molecular flexibility index (Phi) is 5.70. The van der Waals surface area contributed by atoms with Crippen LogP contribution in [0.2, 0.25) is 10.0 Å². The number of H-pyrrole nitrogens is 1. The van der Waals surface area contributed by atoms with Gasteiger partial charge in [0.25, 0.3) is 0 Å². The Balaban J connectivity index is 1.50. The molecule has 0 atom stereocenters. The summed E-state index contributed by atoms with van der Waals surface area (Å²) in [7, 11) is 1.66. The molecule has 144 valence electrons. The molecule has 0 saturated heterocycles. The van der Waals surface area contributed by atoms with Gasteiger partial charge in [0.15, 0.2) is 0 Å². The van der Waals surface area contributed by atoms with Gasteiger partial charge in [-0.3, -0.25) is 0 Å². The molecule has 29 heavy (non-hydrogen) atoms. The molecule has 0 amide bonds. The maximum atomic E-state index is 6.11. The lowest BCUT2D eigenvalue weighted by Crippen LogP contribution is -1.82. The molecule has 0 saturated carbocycles. The Hall–Kier alpha value is -3.01. The van der Waals surface area contributed by atoms with E-state index in [0.717, 1.165) is 39.5 Å². The van der Waals surface area contributed by atoms with Gasteiger partial charge >= 0.3 is 0 Å². The fraction of sp³-hybridized carbons (Fsp3) is 0.0417. The number of hydrogen-bond donors (Lipinski definition) is 1. The molecule has 0 aliphatic rings. The summed E-state index contributed by atoms with van der Waals surface area (Å²) in [6.07, 6.45) is 5.86. The second-order valence-corrected chi connectivity index (χ2v) is 7.39. The summed E-state index contributed by atoms with van der Waals surface area (Å²) >= 11 is 12.2. The van der Waals surface area contributed by atoms with Crippen molar-refractivity contribution in [2.45, 2.75) is 0 Å². The zero-order valence-electron chi connectivity index (χ0n) is 15.7. The molecule has 5 heteroatoms. The number of rotatable bonds is 5. The van der Waals surface area contributed by atoms with E-state index in [1.165, 1.54) is 0 Å². The minimum atomic E-state index is 0.622. The normalized spacial score (nSPS) is 11.1. The first-order chi connectivity index (χ1) is 14.1. The molecule has 0 unspecified atom stereocenters. The second kappa shape index (κ2) is 8.56. The van der Waals surface area contributed by atoms with Crippen LogP contribution in [0.1, 0.15) is 11.4 Å². The van der Waals surface area contributed by atoms with Crippen molar-refractivity contribution in [2.24, 2.45) is 0 Å². The van der Waals surface area contributed by atoms with E-state index >= 15 is 0 Å². The molecule has 3 aromatic carbocycles. The number of ether oxygens (including phenoxy) is 1. The van der Waals surface area contributed by atoms with E-state index in [1.54, 1.807) is 13.2 Å². The van der Waals surface area contributed by atoms with Gasteiger partial charge in [0, 0.05) is 21.8 Å². The molecule has 4 aromatic rings. The van der Waals surface area contributed by atoms with E-state index in [4.69, 9.17) is 27.9 Å². The van der Waals surface area contributed by atoms with Crippen LogP contribution in [0.25, 0.3) is 34.5 Å². The summed E-state index contributed by atoms with van der Waals surface area (Å²) in [5, 5.41) is 1.24. The Morgan fingerprint density at radius 3 is 2.10 bits per heavy atom. The third-order valence-electron chi connectivity index (χ3n) is 4.52. The Bertz CT molecular complexity index is 1130. The van der Waals surface area contributed by atoms with Gasteiger partial charge in [0.1, 0.15) is 11.6 Å². The van der Waals surface area contributed by atoms with Gasteiger partial charge in [-0.05, 0) is 53.1 Å². The molecule has 0 fully saturated rings. The Morgan fingerprint density at radius 1 is 0.793 bits per heavy atom. The third-order valence-corrected chi connectivity index (χ3v) is 4.96. The predicted octanol–water partition coefficient (Wildman–Crippen LogP) is 7.23. The lowest BCUT2D eigenvalue weighted by molar-refractivity contribution is 0.415. The van der Waals surface area contributed by atoms with Crippen LogP contribution in [0, 0.1) is 0 Å². The SMILES string of the molecule is COc1ccc(/C=C/c2nc(-c3ccc(-c4cc(Cl)cc(Cl)c4)cc3)c[nH]2)cc1. The number of nitrogens with one attached hydrogen (secondary N) is 1. The third kappa shape index (κ3) is 4.70. The highest BCUT2D eigenvalue weighted by Gasteiger charge is 2.05. The van der Waals surface area contributed by atoms with Crippen LogP contribution in [-0.2, 0) is 0 Å². The monoisotopic (exact) mass is 420 g/mol. The van der Waals surface area contributed by atoms with Crippen molar-refractivity contribution >= 4 is 35.4 Å². The van der Waals surface area contributed by atoms with E-state index in [2.05, 4.69) is 9.97 Å². The highest BCUT2D eigenvalue weighted by atomic mass is 35.5. The van der Waals surface area contributed by atoms with Crippen molar-refractivity contribution in [1.29, 1.82) is 0 Å². The van der Waals surface area contributed by atoms with Gasteiger partial charge in [-0.1, -0.05) is 65.7 Å². The molecule has 1 aromatic heterocycles. The highest BCUT2D eigenvalue weighted by Crippen LogP contribution is 2.29. The Labute approximate surface area is 179 Å². The first-order valence-corrected chi connectivity index (χ1v) is 9.81. The van der Waals surface area contributed by atoms with Gasteiger partial charge in [-0.2, -0.15) is 0 Å². The van der Waals surface area contributed by atoms with Gasteiger partial charge in [-0.15, -0.1) is 0 Å². The van der Waals surface area contributed by atoms with Gasteiger partial charge < -0.3 is 9.72 Å². The van der Waals surface area contributed by atoms with Crippen LogP contribution in [0.3, 0.4) is 0 Å². The van der Waals surface area contributed by atoms with Crippen LogP contribution in [0.15, 0.2) is 72.9 Å². The molecule has 0 aliphatic heterocycles. The standard InChI is InChI=1S/C24H18Cl2N2O/c1-29-22-9-2-16(3-10-22)4-11-24-27-15-23(28-24)18-7-5-17(6-8-18)19-12-20(25)14-21(26)13-19/h2-15H,1H3,(H,27,28)/b11-4+. The first kappa shape index (κ1) is 19.3. The number of hydrogen-bond acceptors (Lipinski definition) is 2. The lowest BCUT2D eigenvalue weighted by atomic mass is 10.0. The van der Waals surface area contributed by atoms with Crippen molar-refractivity contribution in [3.63, 3.8) is 0 Å². The largest absolute Gasteiger partial charge is 0.497 e. The van der Waals surface area contributed by atoms with Gasteiger partial charge in [-0.25, -0.2) is 4.98 Å². The molecule has 0 radical (unpaired) electrons. The quantitative estimate of drug-likeness (QED) is 0.369. The number of imidazole rings is 1. The smallest absolute Gasteiger partial charge is 0.130 e. The van der Waals surface area contributed by atoms with E-state index in [0.29, 0.717) is 10.0 Å². The number of aromatic nitrogens is 2. The predicted molar refractivity (Wildman–Crippen MR) is 121 cm³/mol. The van der Waals surface area contributed by atoms with Crippen LogP contribution < -0.4 is 4.74 Å².